The van der Waals surface area contributed by atoms with Gasteiger partial charge in [-0.2, -0.15) is 0 Å². The summed E-state index contributed by atoms with van der Waals surface area (Å²) in [7, 11) is -4.13. The molecule has 0 aliphatic heterocycles. The standard InChI is InChI=1S/C30H40N4O6S2/c1-6-9-14-25-32-27(41-5)26(30(4,37)28(35)40-8-3)34(25)20-21-15-17-22(18-16-21)23-12-10-11-13-24(23)42(38,39)33-29(36)31-19-7-2/h10-13,15-18,37H,6-9,14,19-20H2,1-5H3,(H2,31,33,36). The zero-order valence-electron chi connectivity index (χ0n) is 24.8. The Hall–Kier alpha value is -3.35. The second-order valence-corrected chi connectivity index (χ2v) is 12.4. The Balaban J connectivity index is 1.99. The van der Waals surface area contributed by atoms with E-state index >= 15 is 0 Å². The molecule has 0 spiro atoms. The molecule has 1 atom stereocenters. The maximum atomic E-state index is 13.0. The Bertz CT molecular complexity index is 1480. The van der Waals surface area contributed by atoms with Crippen molar-refractivity contribution >= 4 is 33.8 Å². The number of sulfonamides is 1. The highest BCUT2D eigenvalue weighted by Gasteiger charge is 2.41. The largest absolute Gasteiger partial charge is 0.464 e. The molecule has 3 N–H and O–H groups in total. The van der Waals surface area contributed by atoms with Crippen molar-refractivity contribution in [2.75, 3.05) is 19.4 Å². The number of nitrogens with zero attached hydrogens (tertiary/aromatic N) is 2. The molecule has 228 valence electrons. The van der Waals surface area contributed by atoms with Crippen LogP contribution in [0.3, 0.4) is 0 Å². The predicted octanol–water partition coefficient (Wildman–Crippen LogP) is 4.83. The van der Waals surface area contributed by atoms with Gasteiger partial charge in [-0.05, 0) is 50.1 Å². The summed E-state index contributed by atoms with van der Waals surface area (Å²) in [5.74, 6) is 0.0161. The Morgan fingerprint density at radius 2 is 1.76 bits per heavy atom. The van der Waals surface area contributed by atoms with E-state index in [0.717, 1.165) is 24.2 Å². The van der Waals surface area contributed by atoms with E-state index in [9.17, 15) is 23.1 Å². The molecule has 0 saturated heterocycles. The fraction of sp³-hybridized carbons (Fsp3) is 0.433. The Kier molecular flexibility index (Phi) is 11.6. The van der Waals surface area contributed by atoms with Crippen LogP contribution in [0.5, 0.6) is 0 Å². The summed E-state index contributed by atoms with van der Waals surface area (Å²) >= 11 is 1.36. The maximum absolute atomic E-state index is 13.0. The molecule has 12 heteroatoms. The molecular formula is C30H40N4O6S2. The number of benzene rings is 2. The Labute approximate surface area is 252 Å². The lowest BCUT2D eigenvalue weighted by atomic mass is 10.0. The molecule has 1 unspecified atom stereocenters. The van der Waals surface area contributed by atoms with E-state index in [1.165, 1.54) is 24.8 Å². The van der Waals surface area contributed by atoms with Gasteiger partial charge in [0.15, 0.2) is 0 Å². The number of imidazole rings is 1. The van der Waals surface area contributed by atoms with Crippen LogP contribution in [0.2, 0.25) is 0 Å². The summed E-state index contributed by atoms with van der Waals surface area (Å²) in [6, 6.07) is 13.1. The molecule has 1 aromatic heterocycles. The summed E-state index contributed by atoms with van der Waals surface area (Å²) in [6.45, 7) is 7.90. The number of aromatic nitrogens is 2. The number of hydrogen-bond donors (Lipinski definition) is 3. The van der Waals surface area contributed by atoms with Gasteiger partial charge in [-0.3, -0.25) is 0 Å². The van der Waals surface area contributed by atoms with Gasteiger partial charge in [0.1, 0.15) is 10.9 Å². The average Bonchev–Trinajstić information content (AvgIpc) is 3.33. The van der Waals surface area contributed by atoms with E-state index in [1.807, 2.05) is 42.0 Å². The number of urea groups is 1. The highest BCUT2D eigenvalue weighted by atomic mass is 32.2. The van der Waals surface area contributed by atoms with Crippen LogP contribution in [0.25, 0.3) is 11.1 Å². The lowest BCUT2D eigenvalue weighted by Crippen LogP contribution is -2.39. The zero-order valence-corrected chi connectivity index (χ0v) is 26.4. The monoisotopic (exact) mass is 616 g/mol. The number of esters is 1. The lowest BCUT2D eigenvalue weighted by Gasteiger charge is -2.24. The summed E-state index contributed by atoms with van der Waals surface area (Å²) in [4.78, 5) is 29.6. The molecule has 0 aliphatic carbocycles. The fourth-order valence-corrected chi connectivity index (χ4v) is 6.37. The van der Waals surface area contributed by atoms with Gasteiger partial charge < -0.3 is 19.7 Å². The van der Waals surface area contributed by atoms with Crippen molar-refractivity contribution in [2.24, 2.45) is 0 Å². The Morgan fingerprint density at radius 3 is 2.38 bits per heavy atom. The highest BCUT2D eigenvalue weighted by Crippen LogP contribution is 2.34. The molecule has 0 aliphatic rings. The molecule has 10 nitrogen and oxygen atoms in total. The van der Waals surface area contributed by atoms with Crippen LogP contribution in [-0.4, -0.2) is 54.5 Å². The molecule has 3 aromatic rings. The van der Waals surface area contributed by atoms with Crippen molar-refractivity contribution in [2.45, 2.75) is 75.4 Å². The number of carbonyl (C=O) groups is 2. The quantitative estimate of drug-likeness (QED) is 0.173. The minimum Gasteiger partial charge on any atom is -0.464 e. The number of unbranched alkanes of at least 4 members (excludes halogenated alkanes) is 1. The van der Waals surface area contributed by atoms with Crippen LogP contribution >= 0.6 is 11.8 Å². The molecule has 2 amide bonds. The van der Waals surface area contributed by atoms with Gasteiger partial charge in [0.05, 0.1) is 17.2 Å². The number of aliphatic hydroxyl groups is 1. The van der Waals surface area contributed by atoms with E-state index < -0.39 is 27.6 Å². The maximum Gasteiger partial charge on any atom is 0.344 e. The number of aryl methyl sites for hydroxylation is 1. The van der Waals surface area contributed by atoms with E-state index in [0.29, 0.717) is 47.8 Å². The van der Waals surface area contributed by atoms with Crippen molar-refractivity contribution in [3.63, 3.8) is 0 Å². The number of hydrogen-bond acceptors (Lipinski definition) is 8. The second-order valence-electron chi connectivity index (χ2n) is 9.92. The van der Waals surface area contributed by atoms with Gasteiger partial charge in [-0.15, -0.1) is 11.8 Å². The first-order chi connectivity index (χ1) is 20.0. The Morgan fingerprint density at radius 1 is 1.07 bits per heavy atom. The van der Waals surface area contributed by atoms with Gasteiger partial charge in [0.2, 0.25) is 5.60 Å². The molecule has 2 aromatic carbocycles. The summed E-state index contributed by atoms with van der Waals surface area (Å²) in [5, 5.41) is 14.4. The van der Waals surface area contributed by atoms with E-state index in [1.54, 1.807) is 25.1 Å². The SMILES string of the molecule is CCCCc1nc(SC)c(C(C)(O)C(=O)OCC)n1Cc1ccc(-c2ccccc2S(=O)(=O)NC(=O)NCCC)cc1. The van der Waals surface area contributed by atoms with Crippen LogP contribution in [0.15, 0.2) is 58.5 Å². The smallest absolute Gasteiger partial charge is 0.344 e. The van der Waals surface area contributed by atoms with Crippen molar-refractivity contribution in [1.82, 2.24) is 19.6 Å². The molecule has 0 saturated carbocycles. The molecule has 1 heterocycles. The minimum absolute atomic E-state index is 0.0155. The number of rotatable bonds is 14. The summed E-state index contributed by atoms with van der Waals surface area (Å²) < 4.78 is 35.2. The third-order valence-corrected chi connectivity index (χ3v) is 8.70. The predicted molar refractivity (Wildman–Crippen MR) is 164 cm³/mol. The van der Waals surface area contributed by atoms with Crippen LogP contribution < -0.4 is 10.0 Å². The lowest BCUT2D eigenvalue weighted by molar-refractivity contribution is -0.165. The van der Waals surface area contributed by atoms with Crippen molar-refractivity contribution < 1.29 is 27.9 Å². The molecular weight excluding hydrogens is 576 g/mol. The number of carbonyl (C=O) groups excluding carboxylic acids is 2. The van der Waals surface area contributed by atoms with Gasteiger partial charge >= 0.3 is 12.0 Å². The van der Waals surface area contributed by atoms with Gasteiger partial charge in [0, 0.05) is 25.1 Å². The fourth-order valence-electron chi connectivity index (χ4n) is 4.52. The first-order valence-corrected chi connectivity index (χ1v) is 16.7. The first kappa shape index (κ1) is 33.2. The number of nitrogens with one attached hydrogen (secondary N) is 2. The van der Waals surface area contributed by atoms with Crippen molar-refractivity contribution in [3.05, 3.63) is 65.6 Å². The zero-order chi connectivity index (χ0) is 30.9. The van der Waals surface area contributed by atoms with Crippen LogP contribution in [-0.2, 0) is 38.1 Å². The second kappa shape index (κ2) is 14.7. The number of thioether (sulfide) groups is 1. The number of ether oxygens (including phenoxy) is 1. The third-order valence-electron chi connectivity index (χ3n) is 6.64. The molecule has 0 fully saturated rings. The topological polar surface area (TPSA) is 140 Å². The van der Waals surface area contributed by atoms with Crippen LogP contribution in [0.4, 0.5) is 4.79 Å². The van der Waals surface area contributed by atoms with Gasteiger partial charge in [0.25, 0.3) is 10.0 Å². The van der Waals surface area contributed by atoms with Crippen molar-refractivity contribution in [1.29, 1.82) is 0 Å². The van der Waals surface area contributed by atoms with E-state index in [4.69, 9.17) is 9.72 Å². The highest BCUT2D eigenvalue weighted by molar-refractivity contribution is 7.98. The summed E-state index contributed by atoms with van der Waals surface area (Å²) in [6.07, 6.45) is 5.04. The summed E-state index contributed by atoms with van der Waals surface area (Å²) in [5.41, 5.74) is 0.429. The van der Waals surface area contributed by atoms with Crippen molar-refractivity contribution in [3.8, 4) is 11.1 Å². The van der Waals surface area contributed by atoms with Crippen LogP contribution in [0, 0.1) is 0 Å². The van der Waals surface area contributed by atoms with Gasteiger partial charge in [-0.1, -0.05) is 62.7 Å². The van der Waals surface area contributed by atoms with E-state index in [-0.39, 0.29) is 11.5 Å². The number of amides is 2. The average molecular weight is 617 g/mol. The third kappa shape index (κ3) is 7.73. The molecule has 42 heavy (non-hydrogen) atoms. The molecule has 3 rings (SSSR count). The minimum atomic E-state index is -4.13. The molecule has 0 radical (unpaired) electrons. The van der Waals surface area contributed by atoms with Crippen LogP contribution in [0.1, 0.15) is 64.0 Å². The molecule has 0 bridgehead atoms. The van der Waals surface area contributed by atoms with Gasteiger partial charge in [-0.25, -0.2) is 27.7 Å². The van der Waals surface area contributed by atoms with E-state index in [2.05, 4.69) is 17.0 Å². The normalized spacial score (nSPS) is 12.9. The first-order valence-electron chi connectivity index (χ1n) is 14.0.